The van der Waals surface area contributed by atoms with Crippen molar-refractivity contribution in [2.45, 2.75) is 19.4 Å². The van der Waals surface area contributed by atoms with Gasteiger partial charge in [0.05, 0.1) is 0 Å². The van der Waals surface area contributed by atoms with E-state index in [1.807, 2.05) is 0 Å². The molecule has 0 aliphatic carbocycles. The van der Waals surface area contributed by atoms with E-state index in [4.69, 9.17) is 9.84 Å². The van der Waals surface area contributed by atoms with Crippen LogP contribution in [-0.4, -0.2) is 30.3 Å². The van der Waals surface area contributed by atoms with Crippen LogP contribution in [0, 0.1) is 12.7 Å². The summed E-state index contributed by atoms with van der Waals surface area (Å²) in [6.07, 6.45) is 0. The Labute approximate surface area is 99.4 Å². The molecule has 0 heterocycles. The predicted molar refractivity (Wildman–Crippen MR) is 61.7 cm³/mol. The summed E-state index contributed by atoms with van der Waals surface area (Å²) >= 11 is 0. The fourth-order valence-electron chi connectivity index (χ4n) is 1.19. The number of benzene rings is 1. The Bertz CT molecular complexity index is 422. The maximum absolute atomic E-state index is 13.0. The molecule has 1 rings (SSSR count). The van der Waals surface area contributed by atoms with E-state index in [0.717, 1.165) is 5.56 Å². The van der Waals surface area contributed by atoms with Crippen molar-refractivity contribution in [2.24, 2.45) is 0 Å². The fraction of sp³-hybridized carbons (Fsp3) is 0.417. The van der Waals surface area contributed by atoms with Crippen LogP contribution in [0.1, 0.15) is 12.5 Å². The van der Waals surface area contributed by atoms with E-state index in [1.54, 1.807) is 13.0 Å². The number of nitrogens with one attached hydrogen (secondary N) is 1. The van der Waals surface area contributed by atoms with Gasteiger partial charge in [-0.05, 0) is 32.5 Å². The lowest BCUT2D eigenvalue weighted by molar-refractivity contribution is -0.145. The number of carbonyl (C=O) groups is 1. The molecule has 0 radical (unpaired) electrons. The molecule has 0 bridgehead atoms. The molecule has 0 aliphatic rings. The highest BCUT2D eigenvalue weighted by molar-refractivity contribution is 5.78. The Morgan fingerprint density at radius 2 is 2.24 bits per heavy atom. The van der Waals surface area contributed by atoms with Crippen molar-refractivity contribution in [3.8, 4) is 5.75 Å². The van der Waals surface area contributed by atoms with Crippen molar-refractivity contribution >= 4 is 5.97 Å². The molecule has 0 saturated carbocycles. The van der Waals surface area contributed by atoms with Gasteiger partial charge >= 0.3 is 5.97 Å². The molecule has 0 aromatic heterocycles. The lowest BCUT2D eigenvalue weighted by Crippen LogP contribution is -2.52. The minimum absolute atomic E-state index is 0.0802. The summed E-state index contributed by atoms with van der Waals surface area (Å²) in [7, 11) is 1.54. The Morgan fingerprint density at radius 1 is 1.59 bits per heavy atom. The third kappa shape index (κ3) is 3.17. The van der Waals surface area contributed by atoms with Crippen LogP contribution in [0.4, 0.5) is 4.39 Å². The van der Waals surface area contributed by atoms with Gasteiger partial charge in [0.1, 0.15) is 23.7 Å². The van der Waals surface area contributed by atoms with Gasteiger partial charge < -0.3 is 15.2 Å². The number of ether oxygens (including phenoxy) is 1. The molecule has 1 unspecified atom stereocenters. The molecule has 1 aromatic rings. The topological polar surface area (TPSA) is 58.6 Å². The first-order valence-corrected chi connectivity index (χ1v) is 5.20. The van der Waals surface area contributed by atoms with Crippen LogP contribution in [0.2, 0.25) is 0 Å². The van der Waals surface area contributed by atoms with Gasteiger partial charge in [-0.15, -0.1) is 0 Å². The van der Waals surface area contributed by atoms with Gasteiger partial charge in [0.2, 0.25) is 0 Å². The van der Waals surface area contributed by atoms with Crippen molar-refractivity contribution in [2.75, 3.05) is 13.7 Å². The molecular formula is C12H16FNO3. The summed E-state index contributed by atoms with van der Waals surface area (Å²) in [4.78, 5) is 11.0. The first-order valence-electron chi connectivity index (χ1n) is 5.20. The quantitative estimate of drug-likeness (QED) is 0.821. The number of aliphatic carboxylic acids is 1. The molecular weight excluding hydrogens is 225 g/mol. The number of carboxylic acid groups (broad SMARTS) is 1. The van der Waals surface area contributed by atoms with E-state index >= 15 is 0 Å². The third-order valence-electron chi connectivity index (χ3n) is 2.69. The second-order valence-corrected chi connectivity index (χ2v) is 4.09. The summed E-state index contributed by atoms with van der Waals surface area (Å²) in [6, 6.07) is 4.16. The van der Waals surface area contributed by atoms with E-state index in [1.165, 1.54) is 26.1 Å². The lowest BCUT2D eigenvalue weighted by Gasteiger charge is -2.24. The highest BCUT2D eigenvalue weighted by atomic mass is 19.1. The molecule has 4 nitrogen and oxygen atoms in total. The number of rotatable bonds is 5. The number of hydrogen-bond acceptors (Lipinski definition) is 3. The van der Waals surface area contributed by atoms with Gasteiger partial charge in [0.25, 0.3) is 0 Å². The molecule has 0 amide bonds. The van der Waals surface area contributed by atoms with E-state index in [2.05, 4.69) is 5.32 Å². The zero-order chi connectivity index (χ0) is 13.1. The van der Waals surface area contributed by atoms with E-state index < -0.39 is 17.3 Å². The summed E-state index contributed by atoms with van der Waals surface area (Å²) in [6.45, 7) is 3.19. The fourth-order valence-corrected chi connectivity index (χ4v) is 1.19. The minimum Gasteiger partial charge on any atom is -0.491 e. The maximum atomic E-state index is 13.0. The molecule has 1 aromatic carbocycles. The van der Waals surface area contributed by atoms with Gasteiger partial charge in [0, 0.05) is 6.07 Å². The minimum atomic E-state index is -1.20. The van der Waals surface area contributed by atoms with Crippen molar-refractivity contribution in [3.63, 3.8) is 0 Å². The van der Waals surface area contributed by atoms with E-state index in [9.17, 15) is 9.18 Å². The second kappa shape index (κ2) is 5.14. The average molecular weight is 241 g/mol. The van der Waals surface area contributed by atoms with Crippen LogP contribution >= 0.6 is 0 Å². The van der Waals surface area contributed by atoms with Crippen LogP contribution in [0.3, 0.4) is 0 Å². The normalized spacial score (nSPS) is 14.1. The van der Waals surface area contributed by atoms with E-state index in [0.29, 0.717) is 5.75 Å². The van der Waals surface area contributed by atoms with Crippen LogP contribution < -0.4 is 10.1 Å². The number of likely N-dealkylation sites (N-methyl/N-ethyl adjacent to an activating group) is 1. The van der Waals surface area contributed by atoms with Crippen LogP contribution in [0.25, 0.3) is 0 Å². The summed E-state index contributed by atoms with van der Waals surface area (Å²) in [5.74, 6) is -1.08. The Hall–Kier alpha value is -1.62. The Kier molecular flexibility index (Phi) is 4.07. The first-order chi connectivity index (χ1) is 7.89. The molecule has 0 fully saturated rings. The molecule has 0 spiro atoms. The van der Waals surface area contributed by atoms with Gasteiger partial charge in [-0.2, -0.15) is 0 Å². The molecule has 0 aliphatic heterocycles. The SMILES string of the molecule is CNC(C)(COc1cc(F)ccc1C)C(=O)O. The molecule has 17 heavy (non-hydrogen) atoms. The largest absolute Gasteiger partial charge is 0.491 e. The van der Waals surface area contributed by atoms with Gasteiger partial charge in [-0.3, -0.25) is 4.79 Å². The molecule has 1 atom stereocenters. The molecule has 94 valence electrons. The number of carboxylic acids is 1. The van der Waals surface area contributed by atoms with Gasteiger partial charge in [-0.25, -0.2) is 4.39 Å². The van der Waals surface area contributed by atoms with E-state index in [-0.39, 0.29) is 6.61 Å². The van der Waals surface area contributed by atoms with Gasteiger partial charge in [-0.1, -0.05) is 6.07 Å². The molecule has 0 saturated heterocycles. The summed E-state index contributed by atoms with van der Waals surface area (Å²) in [5, 5.41) is 11.7. The van der Waals surface area contributed by atoms with Crippen LogP contribution in [0.5, 0.6) is 5.75 Å². The first kappa shape index (κ1) is 13.4. The van der Waals surface area contributed by atoms with Crippen molar-refractivity contribution in [3.05, 3.63) is 29.6 Å². The predicted octanol–water partition coefficient (Wildman–Crippen LogP) is 1.58. The highest BCUT2D eigenvalue weighted by Gasteiger charge is 2.32. The van der Waals surface area contributed by atoms with Crippen molar-refractivity contribution < 1.29 is 19.0 Å². The standard InChI is InChI=1S/C12H16FNO3/c1-8-4-5-9(13)6-10(8)17-7-12(2,14-3)11(15)16/h4-6,14H,7H2,1-3H3,(H,15,16). The third-order valence-corrected chi connectivity index (χ3v) is 2.69. The number of aryl methyl sites for hydroxylation is 1. The highest BCUT2D eigenvalue weighted by Crippen LogP contribution is 2.20. The van der Waals surface area contributed by atoms with Crippen LogP contribution in [-0.2, 0) is 4.79 Å². The number of halogens is 1. The Morgan fingerprint density at radius 3 is 2.76 bits per heavy atom. The Balaban J connectivity index is 2.79. The van der Waals surface area contributed by atoms with Crippen LogP contribution in [0.15, 0.2) is 18.2 Å². The zero-order valence-electron chi connectivity index (χ0n) is 10.1. The van der Waals surface area contributed by atoms with Gasteiger partial charge in [0.15, 0.2) is 0 Å². The summed E-state index contributed by atoms with van der Waals surface area (Å²) in [5.41, 5.74) is -0.436. The monoisotopic (exact) mass is 241 g/mol. The van der Waals surface area contributed by atoms with Crippen molar-refractivity contribution in [1.29, 1.82) is 0 Å². The molecule has 2 N–H and O–H groups in total. The zero-order valence-corrected chi connectivity index (χ0v) is 10.1. The molecule has 5 heteroatoms. The maximum Gasteiger partial charge on any atom is 0.327 e. The lowest BCUT2D eigenvalue weighted by atomic mass is 10.1. The van der Waals surface area contributed by atoms with Crippen molar-refractivity contribution in [1.82, 2.24) is 5.32 Å². The average Bonchev–Trinajstić information content (AvgIpc) is 2.29. The summed E-state index contributed by atoms with van der Waals surface area (Å²) < 4.78 is 18.3. The smallest absolute Gasteiger partial charge is 0.327 e. The number of hydrogen-bond donors (Lipinski definition) is 2. The second-order valence-electron chi connectivity index (χ2n) is 4.09.